The van der Waals surface area contributed by atoms with Gasteiger partial charge in [-0.1, -0.05) is 18.2 Å². The van der Waals surface area contributed by atoms with E-state index in [9.17, 15) is 19.8 Å². The van der Waals surface area contributed by atoms with Crippen LogP contribution in [-0.4, -0.2) is 55.9 Å². The molecule has 0 saturated heterocycles. The lowest BCUT2D eigenvalue weighted by Gasteiger charge is -2.26. The molecule has 2 aromatic carbocycles. The van der Waals surface area contributed by atoms with Crippen LogP contribution in [0, 0.1) is 6.92 Å². The molecule has 0 saturated carbocycles. The van der Waals surface area contributed by atoms with Gasteiger partial charge in [-0.25, -0.2) is 0 Å². The van der Waals surface area contributed by atoms with Crippen molar-refractivity contribution in [3.63, 3.8) is 0 Å². The second kappa shape index (κ2) is 11.6. The maximum atomic E-state index is 13.1. The highest BCUT2D eigenvalue weighted by atomic mass is 16.5. The molecule has 0 unspecified atom stereocenters. The Balaban J connectivity index is 1.88. The number of nitrogens with one attached hydrogen (secondary N) is 1. The summed E-state index contributed by atoms with van der Waals surface area (Å²) in [4.78, 5) is 27.4. The van der Waals surface area contributed by atoms with Crippen LogP contribution >= 0.6 is 0 Å². The Hall–Kier alpha value is -3.98. The van der Waals surface area contributed by atoms with Crippen LogP contribution in [0.15, 0.2) is 57.7 Å². The van der Waals surface area contributed by atoms with Crippen LogP contribution in [0.1, 0.15) is 41.0 Å². The third-order valence-electron chi connectivity index (χ3n) is 6.00. The molecule has 0 fully saturated rings. The summed E-state index contributed by atoms with van der Waals surface area (Å²) in [5, 5.41) is 23.5. The maximum absolute atomic E-state index is 13.1. The van der Waals surface area contributed by atoms with Gasteiger partial charge >= 0.3 is 0 Å². The van der Waals surface area contributed by atoms with Crippen molar-refractivity contribution < 1.29 is 28.9 Å². The van der Waals surface area contributed by atoms with E-state index in [1.165, 1.54) is 19.2 Å². The van der Waals surface area contributed by atoms with Crippen molar-refractivity contribution in [2.75, 3.05) is 34.9 Å². The SMILES string of the molecule is COc1ccc([C@H](CNC(=O)C[C@H](c2ccc(O)c(OC)c2)c2oc(C)cc(=O)c2O)N(C)C)cc1. The van der Waals surface area contributed by atoms with E-state index >= 15 is 0 Å². The van der Waals surface area contributed by atoms with Gasteiger partial charge in [-0.2, -0.15) is 0 Å². The van der Waals surface area contributed by atoms with Crippen LogP contribution in [0.25, 0.3) is 0 Å². The number of carbonyl (C=O) groups is 1. The molecular weight excluding hydrogens is 464 g/mol. The number of amides is 1. The maximum Gasteiger partial charge on any atom is 0.227 e. The summed E-state index contributed by atoms with van der Waals surface area (Å²) in [5.41, 5.74) is 0.934. The number of aromatic hydroxyl groups is 2. The van der Waals surface area contributed by atoms with Gasteiger partial charge in [0.25, 0.3) is 0 Å². The highest BCUT2D eigenvalue weighted by Gasteiger charge is 2.27. The number of methoxy groups -OCH3 is 2. The van der Waals surface area contributed by atoms with Crippen molar-refractivity contribution in [1.82, 2.24) is 10.2 Å². The molecule has 1 aromatic heterocycles. The molecule has 36 heavy (non-hydrogen) atoms. The van der Waals surface area contributed by atoms with Gasteiger partial charge in [0.2, 0.25) is 17.1 Å². The smallest absolute Gasteiger partial charge is 0.227 e. The average Bonchev–Trinajstić information content (AvgIpc) is 2.85. The summed E-state index contributed by atoms with van der Waals surface area (Å²) < 4.78 is 16.1. The second-order valence-corrected chi connectivity index (χ2v) is 8.68. The fourth-order valence-electron chi connectivity index (χ4n) is 4.03. The Morgan fingerprint density at radius 3 is 2.31 bits per heavy atom. The molecule has 192 valence electrons. The van der Waals surface area contributed by atoms with E-state index < -0.39 is 17.1 Å². The number of phenols is 1. The summed E-state index contributed by atoms with van der Waals surface area (Å²) in [6.45, 7) is 1.92. The molecule has 0 aliphatic carbocycles. The minimum atomic E-state index is -0.800. The van der Waals surface area contributed by atoms with E-state index in [4.69, 9.17) is 13.9 Å². The summed E-state index contributed by atoms with van der Waals surface area (Å²) in [6.07, 6.45) is -0.114. The molecule has 0 spiro atoms. The second-order valence-electron chi connectivity index (χ2n) is 8.68. The minimum Gasteiger partial charge on any atom is -0.504 e. The number of benzene rings is 2. The Morgan fingerprint density at radius 2 is 1.69 bits per heavy atom. The van der Waals surface area contributed by atoms with Crippen LogP contribution in [0.4, 0.5) is 0 Å². The third-order valence-corrected chi connectivity index (χ3v) is 6.00. The van der Waals surface area contributed by atoms with Gasteiger partial charge in [-0.15, -0.1) is 0 Å². The number of likely N-dealkylation sites (N-methyl/N-ethyl adjacent to an activating group) is 1. The number of hydrogen-bond acceptors (Lipinski definition) is 8. The number of nitrogens with zero attached hydrogens (tertiary/aromatic N) is 1. The van der Waals surface area contributed by atoms with Gasteiger partial charge in [-0.05, 0) is 56.4 Å². The monoisotopic (exact) mass is 496 g/mol. The summed E-state index contributed by atoms with van der Waals surface area (Å²) in [5.74, 6) is -0.533. The highest BCUT2D eigenvalue weighted by molar-refractivity contribution is 5.77. The number of phenolic OH excluding ortho intramolecular Hbond substituents is 1. The summed E-state index contributed by atoms with van der Waals surface area (Å²) >= 11 is 0. The Kier molecular flexibility index (Phi) is 8.60. The van der Waals surface area contributed by atoms with Crippen LogP contribution in [0.3, 0.4) is 0 Å². The van der Waals surface area contributed by atoms with E-state index in [1.807, 2.05) is 43.3 Å². The van der Waals surface area contributed by atoms with E-state index in [2.05, 4.69) is 5.32 Å². The zero-order valence-electron chi connectivity index (χ0n) is 21.1. The normalized spacial score (nSPS) is 12.7. The molecule has 0 aliphatic rings. The minimum absolute atomic E-state index is 0.0257. The van der Waals surface area contributed by atoms with Gasteiger partial charge < -0.3 is 34.3 Å². The Bertz CT molecular complexity index is 1250. The molecule has 1 amide bonds. The molecule has 0 aliphatic heterocycles. The molecule has 9 heteroatoms. The average molecular weight is 497 g/mol. The fraction of sp³-hybridized carbons (Fsp3) is 0.333. The molecule has 1 heterocycles. The lowest BCUT2D eigenvalue weighted by Crippen LogP contribution is -2.35. The van der Waals surface area contributed by atoms with Crippen LogP contribution < -0.4 is 20.2 Å². The van der Waals surface area contributed by atoms with Crippen LogP contribution in [-0.2, 0) is 4.79 Å². The Labute approximate surface area is 209 Å². The zero-order valence-corrected chi connectivity index (χ0v) is 21.1. The van der Waals surface area contributed by atoms with Gasteiger partial charge in [-0.3, -0.25) is 9.59 Å². The molecule has 3 N–H and O–H groups in total. The molecule has 3 aromatic rings. The van der Waals surface area contributed by atoms with Crippen LogP contribution in [0.2, 0.25) is 0 Å². The first-order valence-corrected chi connectivity index (χ1v) is 11.4. The van der Waals surface area contributed by atoms with E-state index in [0.29, 0.717) is 17.9 Å². The van der Waals surface area contributed by atoms with E-state index in [0.717, 1.165) is 11.3 Å². The van der Waals surface area contributed by atoms with Crippen molar-refractivity contribution in [2.45, 2.75) is 25.3 Å². The first-order chi connectivity index (χ1) is 17.1. The molecule has 2 atom stereocenters. The van der Waals surface area contributed by atoms with Gasteiger partial charge in [0.05, 0.1) is 26.2 Å². The standard InChI is InChI=1S/C27H32N2O7/c1-16-12-23(31)26(33)27(36-16)20(18-8-11-22(30)24(13-18)35-5)14-25(32)28-15-21(29(2)3)17-6-9-19(34-4)10-7-17/h6-13,20-21,30,33H,14-15H2,1-5H3,(H,28,32)/t20-,21+/m1/s1. The number of rotatable bonds is 10. The van der Waals surface area contributed by atoms with Crippen molar-refractivity contribution >= 4 is 5.91 Å². The van der Waals surface area contributed by atoms with Crippen molar-refractivity contribution in [2.24, 2.45) is 0 Å². The van der Waals surface area contributed by atoms with Crippen molar-refractivity contribution in [3.05, 3.63) is 81.4 Å². The lowest BCUT2D eigenvalue weighted by molar-refractivity contribution is -0.121. The molecule has 9 nitrogen and oxygen atoms in total. The van der Waals surface area contributed by atoms with E-state index in [-0.39, 0.29) is 35.6 Å². The first-order valence-electron chi connectivity index (χ1n) is 11.4. The fourth-order valence-corrected chi connectivity index (χ4v) is 4.03. The van der Waals surface area contributed by atoms with Crippen molar-refractivity contribution in [3.8, 4) is 23.0 Å². The molecule has 3 rings (SSSR count). The quantitative estimate of drug-likeness (QED) is 0.391. The number of carbonyl (C=O) groups excluding carboxylic acids is 1. The number of ether oxygens (including phenoxy) is 2. The molecular formula is C27H32N2O7. The molecule has 0 radical (unpaired) electrons. The van der Waals surface area contributed by atoms with Gasteiger partial charge in [0.1, 0.15) is 11.5 Å². The van der Waals surface area contributed by atoms with Gasteiger partial charge in [0.15, 0.2) is 17.3 Å². The number of hydrogen-bond donors (Lipinski definition) is 3. The highest BCUT2D eigenvalue weighted by Crippen LogP contribution is 2.37. The summed E-state index contributed by atoms with van der Waals surface area (Å²) in [7, 11) is 6.86. The number of aryl methyl sites for hydroxylation is 1. The summed E-state index contributed by atoms with van der Waals surface area (Å²) in [6, 6.07) is 13.3. The lowest BCUT2D eigenvalue weighted by atomic mass is 9.91. The van der Waals surface area contributed by atoms with E-state index in [1.54, 1.807) is 26.2 Å². The van der Waals surface area contributed by atoms with Crippen LogP contribution in [0.5, 0.6) is 23.0 Å². The topological polar surface area (TPSA) is 121 Å². The molecule has 0 bridgehead atoms. The zero-order chi connectivity index (χ0) is 26.4. The van der Waals surface area contributed by atoms with Crippen molar-refractivity contribution in [1.29, 1.82) is 0 Å². The van der Waals surface area contributed by atoms with Gasteiger partial charge in [0, 0.05) is 19.0 Å². The predicted octanol–water partition coefficient (Wildman–Crippen LogP) is 3.32. The Morgan fingerprint density at radius 1 is 1.03 bits per heavy atom. The first kappa shape index (κ1) is 26.6. The predicted molar refractivity (Wildman–Crippen MR) is 135 cm³/mol. The third kappa shape index (κ3) is 6.17. The largest absolute Gasteiger partial charge is 0.504 e.